The molecule has 0 spiro atoms. The molecule has 1 aliphatic heterocycles. The molecule has 1 amide bonds. The first kappa shape index (κ1) is 18.9. The standard InChI is InChI=1S/C24H27N5O/c1-4-29-20-8-6-5-7-17(20)12-22(29)23-26-19-13-18-16(11-21(19)27(23)3)9-10-28(24(18)30)14-15(2)25/h5-8,11-13,15H,4,9-10,14,25H2,1-3H3/t15-/m1/s1. The SMILES string of the molecule is CCn1c(-c2nc3cc4c(cc3n2C)CCN(C[C@@H](C)N)C4=O)cc2ccccc21. The van der Waals surface area contributed by atoms with Crippen molar-refractivity contribution in [3.8, 4) is 11.5 Å². The van der Waals surface area contributed by atoms with Crippen LogP contribution >= 0.6 is 0 Å². The maximum absolute atomic E-state index is 13.0. The number of benzene rings is 2. The van der Waals surface area contributed by atoms with Gasteiger partial charge in [0.05, 0.1) is 16.7 Å². The molecule has 2 aromatic heterocycles. The fourth-order valence-electron chi connectivity index (χ4n) is 4.70. The second kappa shape index (κ2) is 6.99. The Balaban J connectivity index is 1.65. The van der Waals surface area contributed by atoms with Gasteiger partial charge in [0.25, 0.3) is 5.91 Å². The van der Waals surface area contributed by atoms with Crippen LogP contribution in [0.15, 0.2) is 42.5 Å². The number of aromatic nitrogens is 3. The summed E-state index contributed by atoms with van der Waals surface area (Å²) in [5.41, 5.74) is 12.0. The van der Waals surface area contributed by atoms with E-state index in [-0.39, 0.29) is 11.9 Å². The molecule has 30 heavy (non-hydrogen) atoms. The molecule has 0 saturated carbocycles. The second-order valence-electron chi connectivity index (χ2n) is 8.30. The fourth-order valence-corrected chi connectivity index (χ4v) is 4.70. The molecule has 0 bridgehead atoms. The average Bonchev–Trinajstić information content (AvgIpc) is 3.26. The zero-order chi connectivity index (χ0) is 21.0. The van der Waals surface area contributed by atoms with Crippen LogP contribution in [0.5, 0.6) is 0 Å². The molecular weight excluding hydrogens is 374 g/mol. The Kier molecular flexibility index (Phi) is 4.40. The van der Waals surface area contributed by atoms with E-state index in [0.717, 1.165) is 46.6 Å². The minimum Gasteiger partial charge on any atom is -0.338 e. The quantitative estimate of drug-likeness (QED) is 0.568. The van der Waals surface area contributed by atoms with Crippen molar-refractivity contribution in [1.82, 2.24) is 19.0 Å². The van der Waals surface area contributed by atoms with Crippen molar-refractivity contribution >= 4 is 27.8 Å². The van der Waals surface area contributed by atoms with Crippen molar-refractivity contribution in [2.24, 2.45) is 12.8 Å². The monoisotopic (exact) mass is 401 g/mol. The summed E-state index contributed by atoms with van der Waals surface area (Å²) in [4.78, 5) is 19.8. The molecule has 154 valence electrons. The number of nitrogens with two attached hydrogens (primary N) is 1. The minimum absolute atomic E-state index is 0.0309. The normalized spacial score (nSPS) is 15.2. The zero-order valence-electron chi connectivity index (χ0n) is 17.7. The Hall–Kier alpha value is -3.12. The molecule has 2 N–H and O–H groups in total. The van der Waals surface area contributed by atoms with Gasteiger partial charge in [0.1, 0.15) is 0 Å². The maximum atomic E-state index is 13.0. The van der Waals surface area contributed by atoms with Crippen molar-refractivity contribution in [1.29, 1.82) is 0 Å². The molecule has 1 aliphatic rings. The molecule has 6 heteroatoms. The first-order valence-corrected chi connectivity index (χ1v) is 10.6. The Morgan fingerprint density at radius 1 is 1.17 bits per heavy atom. The first-order valence-electron chi connectivity index (χ1n) is 10.6. The van der Waals surface area contributed by atoms with E-state index in [4.69, 9.17) is 10.7 Å². The van der Waals surface area contributed by atoms with E-state index >= 15 is 0 Å². The summed E-state index contributed by atoms with van der Waals surface area (Å²) in [6.07, 6.45) is 0.847. The predicted molar refractivity (Wildman–Crippen MR) is 121 cm³/mol. The van der Waals surface area contributed by atoms with Gasteiger partial charge in [-0.05, 0) is 50.1 Å². The highest BCUT2D eigenvalue weighted by molar-refractivity contribution is 6.00. The number of carbonyl (C=O) groups is 1. The fraction of sp³-hybridized carbons (Fsp3) is 0.333. The van der Waals surface area contributed by atoms with Gasteiger partial charge in [0.15, 0.2) is 5.82 Å². The third kappa shape index (κ3) is 2.82. The number of hydrogen-bond donors (Lipinski definition) is 1. The largest absolute Gasteiger partial charge is 0.338 e. The molecule has 0 unspecified atom stereocenters. The molecule has 2 aromatic carbocycles. The lowest BCUT2D eigenvalue weighted by molar-refractivity contribution is 0.0732. The molecule has 0 saturated heterocycles. The van der Waals surface area contributed by atoms with Crippen molar-refractivity contribution in [3.05, 3.63) is 53.6 Å². The molecule has 6 nitrogen and oxygen atoms in total. The molecule has 3 heterocycles. The molecule has 5 rings (SSSR count). The van der Waals surface area contributed by atoms with Gasteiger partial charge in [-0.2, -0.15) is 0 Å². The number of hydrogen-bond acceptors (Lipinski definition) is 3. The van der Waals surface area contributed by atoms with Crippen molar-refractivity contribution in [3.63, 3.8) is 0 Å². The van der Waals surface area contributed by atoms with E-state index in [0.29, 0.717) is 13.1 Å². The van der Waals surface area contributed by atoms with Crippen LogP contribution in [0.3, 0.4) is 0 Å². The lowest BCUT2D eigenvalue weighted by Gasteiger charge is -2.29. The smallest absolute Gasteiger partial charge is 0.254 e. The lowest BCUT2D eigenvalue weighted by atomic mass is 9.97. The van der Waals surface area contributed by atoms with E-state index in [2.05, 4.69) is 59.5 Å². The highest BCUT2D eigenvalue weighted by Gasteiger charge is 2.27. The van der Waals surface area contributed by atoms with Crippen LogP contribution in [-0.4, -0.2) is 44.1 Å². The number of nitrogens with zero attached hydrogens (tertiary/aromatic N) is 4. The Labute approximate surface area is 175 Å². The van der Waals surface area contributed by atoms with Crippen LogP contribution in [0.25, 0.3) is 33.5 Å². The van der Waals surface area contributed by atoms with E-state index in [1.54, 1.807) is 0 Å². The molecule has 0 aliphatic carbocycles. The van der Waals surface area contributed by atoms with Crippen LogP contribution in [0.4, 0.5) is 0 Å². The van der Waals surface area contributed by atoms with Crippen LogP contribution in [0.1, 0.15) is 29.8 Å². The van der Waals surface area contributed by atoms with Gasteiger partial charge in [-0.15, -0.1) is 0 Å². The Morgan fingerprint density at radius 3 is 2.73 bits per heavy atom. The summed E-state index contributed by atoms with van der Waals surface area (Å²) in [6.45, 7) is 6.26. The minimum atomic E-state index is -0.0309. The highest BCUT2D eigenvalue weighted by Crippen LogP contribution is 2.32. The number of carbonyl (C=O) groups excluding carboxylic acids is 1. The van der Waals surface area contributed by atoms with Crippen molar-refractivity contribution < 1.29 is 4.79 Å². The van der Waals surface area contributed by atoms with Gasteiger partial charge in [0, 0.05) is 49.2 Å². The van der Waals surface area contributed by atoms with Gasteiger partial charge < -0.3 is 19.8 Å². The second-order valence-corrected chi connectivity index (χ2v) is 8.30. The summed E-state index contributed by atoms with van der Waals surface area (Å²) in [5.74, 6) is 0.982. The van der Waals surface area contributed by atoms with Crippen LogP contribution in [0, 0.1) is 0 Å². The van der Waals surface area contributed by atoms with Gasteiger partial charge in [-0.1, -0.05) is 18.2 Å². The van der Waals surface area contributed by atoms with Crippen LogP contribution in [-0.2, 0) is 20.0 Å². The highest BCUT2D eigenvalue weighted by atomic mass is 16.2. The maximum Gasteiger partial charge on any atom is 0.254 e. The lowest BCUT2D eigenvalue weighted by Crippen LogP contribution is -2.43. The topological polar surface area (TPSA) is 69.1 Å². The third-order valence-electron chi connectivity index (χ3n) is 6.14. The van der Waals surface area contributed by atoms with E-state index in [1.807, 2.05) is 17.9 Å². The number of amides is 1. The third-order valence-corrected chi connectivity index (χ3v) is 6.14. The number of para-hydroxylation sites is 1. The molecule has 4 aromatic rings. The van der Waals surface area contributed by atoms with Crippen molar-refractivity contribution in [2.75, 3.05) is 13.1 Å². The molecule has 0 fully saturated rings. The molecule has 1 atom stereocenters. The number of rotatable bonds is 4. The predicted octanol–water partition coefficient (Wildman–Crippen LogP) is 3.56. The van der Waals surface area contributed by atoms with Gasteiger partial charge in [0.2, 0.25) is 0 Å². The van der Waals surface area contributed by atoms with E-state index in [1.165, 1.54) is 10.9 Å². The van der Waals surface area contributed by atoms with Gasteiger partial charge in [-0.25, -0.2) is 4.98 Å². The van der Waals surface area contributed by atoms with Gasteiger partial charge in [-0.3, -0.25) is 4.79 Å². The number of aryl methyl sites for hydroxylation is 2. The number of fused-ring (bicyclic) bond motifs is 3. The van der Waals surface area contributed by atoms with Crippen LogP contribution < -0.4 is 5.73 Å². The van der Waals surface area contributed by atoms with Crippen molar-refractivity contribution in [2.45, 2.75) is 32.9 Å². The summed E-state index contributed by atoms with van der Waals surface area (Å²) < 4.78 is 4.45. The molecular formula is C24H27N5O. The summed E-state index contributed by atoms with van der Waals surface area (Å²) >= 11 is 0. The zero-order valence-corrected chi connectivity index (χ0v) is 17.7. The number of imidazole rings is 1. The van der Waals surface area contributed by atoms with E-state index in [9.17, 15) is 4.79 Å². The van der Waals surface area contributed by atoms with Gasteiger partial charge >= 0.3 is 0 Å². The summed E-state index contributed by atoms with van der Waals surface area (Å²) in [5, 5.41) is 1.21. The van der Waals surface area contributed by atoms with Crippen LogP contribution in [0.2, 0.25) is 0 Å². The van der Waals surface area contributed by atoms with E-state index < -0.39 is 0 Å². The first-order chi connectivity index (χ1) is 14.5. The Morgan fingerprint density at radius 2 is 1.97 bits per heavy atom. The summed E-state index contributed by atoms with van der Waals surface area (Å²) in [7, 11) is 2.06. The summed E-state index contributed by atoms with van der Waals surface area (Å²) in [6, 6.07) is 14.7. The molecule has 0 radical (unpaired) electrons. The Bertz CT molecular complexity index is 1280. The average molecular weight is 402 g/mol.